The fourth-order valence-electron chi connectivity index (χ4n) is 2.90. The van der Waals surface area contributed by atoms with Crippen molar-refractivity contribution in [2.45, 2.75) is 39.8 Å². The molecule has 3 aromatic rings. The number of thiophene rings is 1. The zero-order valence-corrected chi connectivity index (χ0v) is 18.0. The number of ether oxygens (including phenoxy) is 2. The number of hydrogen-bond donors (Lipinski definition) is 1. The summed E-state index contributed by atoms with van der Waals surface area (Å²) < 4.78 is 11.7. The van der Waals surface area contributed by atoms with Gasteiger partial charge in [-0.3, -0.25) is 19.0 Å². The minimum Gasteiger partial charge on any atom is -0.495 e. The molecule has 1 unspecified atom stereocenters. The first kappa shape index (κ1) is 21.5. The summed E-state index contributed by atoms with van der Waals surface area (Å²) in [4.78, 5) is 42.9. The number of nitrogens with one attached hydrogen (secondary N) is 1. The molecule has 1 aromatic carbocycles. The topological polar surface area (TPSA) is 99.5 Å². The summed E-state index contributed by atoms with van der Waals surface area (Å²) in [5.41, 5.74) is 0.663. The summed E-state index contributed by atoms with van der Waals surface area (Å²) >= 11 is 1.13. The van der Waals surface area contributed by atoms with Crippen LogP contribution in [0.3, 0.4) is 0 Å². The Hall–Kier alpha value is -3.20. The summed E-state index contributed by atoms with van der Waals surface area (Å²) in [6.45, 7) is 5.16. The average molecular weight is 429 g/mol. The molecule has 1 N–H and O–H groups in total. The van der Waals surface area contributed by atoms with Gasteiger partial charge in [-0.2, -0.15) is 0 Å². The van der Waals surface area contributed by atoms with Gasteiger partial charge in [0.2, 0.25) is 0 Å². The van der Waals surface area contributed by atoms with E-state index in [1.807, 2.05) is 6.92 Å². The van der Waals surface area contributed by atoms with E-state index < -0.39 is 5.97 Å². The monoisotopic (exact) mass is 429 g/mol. The molecule has 1 amide bonds. The quantitative estimate of drug-likeness (QED) is 0.578. The second kappa shape index (κ2) is 9.08. The minimum absolute atomic E-state index is 0.224. The Morgan fingerprint density at radius 2 is 2.03 bits per heavy atom. The van der Waals surface area contributed by atoms with E-state index in [1.165, 1.54) is 18.0 Å². The Kier molecular flexibility index (Phi) is 6.51. The van der Waals surface area contributed by atoms with Crippen LogP contribution in [0.1, 0.15) is 35.5 Å². The van der Waals surface area contributed by atoms with Gasteiger partial charge in [0.25, 0.3) is 11.5 Å². The number of amides is 1. The molecule has 0 spiro atoms. The van der Waals surface area contributed by atoms with Crippen LogP contribution in [-0.2, 0) is 16.1 Å². The van der Waals surface area contributed by atoms with E-state index >= 15 is 0 Å². The number of esters is 1. The number of aromatic nitrogens is 2. The summed E-state index contributed by atoms with van der Waals surface area (Å²) in [6, 6.07) is 7.06. The SMILES string of the molecule is CCC(C)OC(=O)Cn1cnc2sc(C(=O)Nc3ccccc3OC)c(C)c2c1=O. The van der Waals surface area contributed by atoms with Crippen LogP contribution in [-0.4, -0.2) is 34.6 Å². The molecule has 0 aliphatic carbocycles. The van der Waals surface area contributed by atoms with Crippen LogP contribution in [0.4, 0.5) is 5.69 Å². The van der Waals surface area contributed by atoms with Gasteiger partial charge in [0.1, 0.15) is 17.1 Å². The van der Waals surface area contributed by atoms with E-state index in [2.05, 4.69) is 10.3 Å². The van der Waals surface area contributed by atoms with Crippen molar-refractivity contribution in [3.05, 3.63) is 51.4 Å². The maximum atomic E-state index is 12.9. The van der Waals surface area contributed by atoms with Gasteiger partial charge in [-0.25, -0.2) is 4.98 Å². The van der Waals surface area contributed by atoms with Crippen LogP contribution >= 0.6 is 11.3 Å². The molecule has 0 aliphatic heterocycles. The number of aryl methyl sites for hydroxylation is 1. The van der Waals surface area contributed by atoms with Gasteiger partial charge in [-0.1, -0.05) is 19.1 Å². The van der Waals surface area contributed by atoms with Crippen LogP contribution in [0.15, 0.2) is 35.4 Å². The van der Waals surface area contributed by atoms with Gasteiger partial charge in [0.05, 0.1) is 35.5 Å². The molecule has 2 heterocycles. The Morgan fingerprint density at radius 3 is 2.73 bits per heavy atom. The van der Waals surface area contributed by atoms with Gasteiger partial charge < -0.3 is 14.8 Å². The van der Waals surface area contributed by atoms with E-state index in [0.717, 1.165) is 11.3 Å². The number of rotatable bonds is 7. The lowest BCUT2D eigenvalue weighted by atomic mass is 10.2. The molecule has 0 fully saturated rings. The van der Waals surface area contributed by atoms with Crippen LogP contribution < -0.4 is 15.6 Å². The third kappa shape index (κ3) is 4.35. The fourth-order valence-corrected chi connectivity index (χ4v) is 3.93. The third-order valence-corrected chi connectivity index (χ3v) is 5.88. The van der Waals surface area contributed by atoms with Crippen molar-refractivity contribution in [2.75, 3.05) is 12.4 Å². The number of carbonyl (C=O) groups is 2. The maximum Gasteiger partial charge on any atom is 0.326 e. The first-order valence-corrected chi connectivity index (χ1v) is 10.3. The molecule has 9 heteroatoms. The summed E-state index contributed by atoms with van der Waals surface area (Å²) in [5.74, 6) is -0.332. The Labute approximate surface area is 177 Å². The lowest BCUT2D eigenvalue weighted by molar-refractivity contribution is -0.149. The smallest absolute Gasteiger partial charge is 0.326 e. The Bertz CT molecular complexity index is 1150. The molecule has 2 aromatic heterocycles. The molecular formula is C21H23N3O5S. The standard InChI is InChI=1S/C21H23N3O5S/c1-5-12(2)29-16(25)10-24-11-22-20-17(21(24)27)13(3)18(30-20)19(26)23-14-8-6-7-9-15(14)28-4/h6-9,11-12H,5,10H2,1-4H3,(H,23,26). The van der Waals surface area contributed by atoms with Crippen LogP contribution in [0.5, 0.6) is 5.75 Å². The Balaban J connectivity index is 1.90. The number of hydrogen-bond acceptors (Lipinski definition) is 7. The molecule has 8 nitrogen and oxygen atoms in total. The van der Waals surface area contributed by atoms with Crippen molar-refractivity contribution in [2.24, 2.45) is 0 Å². The lowest BCUT2D eigenvalue weighted by Gasteiger charge is -2.11. The number of anilines is 1. The highest BCUT2D eigenvalue weighted by Crippen LogP contribution is 2.29. The van der Waals surface area contributed by atoms with E-state index in [-0.39, 0.29) is 24.1 Å². The zero-order chi connectivity index (χ0) is 21.8. The van der Waals surface area contributed by atoms with Crippen LogP contribution in [0.2, 0.25) is 0 Å². The number of fused-ring (bicyclic) bond motifs is 1. The van der Waals surface area contributed by atoms with E-state index in [1.54, 1.807) is 38.1 Å². The highest BCUT2D eigenvalue weighted by molar-refractivity contribution is 7.20. The molecule has 0 bridgehead atoms. The number of nitrogens with zero attached hydrogens (tertiary/aromatic N) is 2. The predicted octanol–water partition coefficient (Wildman–Crippen LogP) is 3.37. The van der Waals surface area contributed by atoms with E-state index in [9.17, 15) is 14.4 Å². The molecular weight excluding hydrogens is 406 g/mol. The van der Waals surface area contributed by atoms with Crippen molar-refractivity contribution in [3.8, 4) is 5.75 Å². The van der Waals surface area contributed by atoms with Crippen molar-refractivity contribution >= 4 is 39.1 Å². The van der Waals surface area contributed by atoms with Gasteiger partial charge >= 0.3 is 5.97 Å². The molecule has 1 atom stereocenters. The lowest BCUT2D eigenvalue weighted by Crippen LogP contribution is -2.27. The van der Waals surface area contributed by atoms with Gasteiger partial charge in [0.15, 0.2) is 0 Å². The molecule has 0 aliphatic rings. The van der Waals surface area contributed by atoms with Gasteiger partial charge in [0, 0.05) is 0 Å². The van der Waals surface area contributed by atoms with Crippen LogP contribution in [0.25, 0.3) is 10.2 Å². The average Bonchev–Trinajstić information content (AvgIpc) is 3.07. The van der Waals surface area contributed by atoms with E-state index in [0.29, 0.717) is 38.5 Å². The molecule has 0 radical (unpaired) electrons. The molecule has 3 rings (SSSR count). The normalized spacial score (nSPS) is 11.9. The molecule has 0 saturated heterocycles. The van der Waals surface area contributed by atoms with Gasteiger partial charge in [-0.15, -0.1) is 11.3 Å². The van der Waals surface area contributed by atoms with Crippen molar-refractivity contribution in [1.29, 1.82) is 0 Å². The third-order valence-electron chi connectivity index (χ3n) is 4.69. The first-order chi connectivity index (χ1) is 14.3. The maximum absolute atomic E-state index is 12.9. The Morgan fingerprint density at radius 1 is 1.30 bits per heavy atom. The summed E-state index contributed by atoms with van der Waals surface area (Å²) in [7, 11) is 1.52. The molecule has 0 saturated carbocycles. The van der Waals surface area contributed by atoms with Crippen molar-refractivity contribution in [3.63, 3.8) is 0 Å². The van der Waals surface area contributed by atoms with E-state index in [4.69, 9.17) is 9.47 Å². The molecule has 30 heavy (non-hydrogen) atoms. The fraction of sp³-hybridized carbons (Fsp3) is 0.333. The largest absolute Gasteiger partial charge is 0.495 e. The second-order valence-corrected chi connectivity index (χ2v) is 7.78. The number of carbonyl (C=O) groups excluding carboxylic acids is 2. The highest BCUT2D eigenvalue weighted by Gasteiger charge is 2.21. The van der Waals surface area contributed by atoms with Crippen molar-refractivity contribution in [1.82, 2.24) is 9.55 Å². The zero-order valence-electron chi connectivity index (χ0n) is 17.2. The highest BCUT2D eigenvalue weighted by atomic mass is 32.1. The van der Waals surface area contributed by atoms with Crippen molar-refractivity contribution < 1.29 is 19.1 Å². The number of methoxy groups -OCH3 is 1. The first-order valence-electron chi connectivity index (χ1n) is 9.48. The summed E-state index contributed by atoms with van der Waals surface area (Å²) in [5, 5.41) is 3.13. The predicted molar refractivity (Wildman–Crippen MR) is 115 cm³/mol. The number of para-hydroxylation sites is 2. The van der Waals surface area contributed by atoms with Crippen LogP contribution in [0, 0.1) is 6.92 Å². The van der Waals surface area contributed by atoms with Gasteiger partial charge in [-0.05, 0) is 38.0 Å². The second-order valence-electron chi connectivity index (χ2n) is 6.78. The number of benzene rings is 1. The minimum atomic E-state index is -0.505. The summed E-state index contributed by atoms with van der Waals surface area (Å²) in [6.07, 6.45) is 1.77. The molecule has 158 valence electrons.